The zero-order valence-corrected chi connectivity index (χ0v) is 9.61. The highest BCUT2D eigenvalue weighted by Gasteiger charge is 2.01. The molecule has 0 spiro atoms. The van der Waals surface area contributed by atoms with Crippen molar-refractivity contribution < 1.29 is 14.2 Å². The average Bonchev–Trinajstić information content (AvgIpc) is 2.18. The van der Waals surface area contributed by atoms with E-state index in [0.29, 0.717) is 0 Å². The van der Waals surface area contributed by atoms with Crippen LogP contribution in [0.25, 0.3) is 0 Å². The fraction of sp³-hybridized carbons (Fsp3) is 0.400. The van der Waals surface area contributed by atoms with Gasteiger partial charge in [0.2, 0.25) is 0 Å². The molecule has 0 saturated carbocycles. The van der Waals surface area contributed by atoms with Crippen molar-refractivity contribution in [3.8, 4) is 5.75 Å². The lowest BCUT2D eigenvalue weighted by molar-refractivity contribution is -0.235. The highest BCUT2D eigenvalue weighted by atomic mass is 28.2. The lowest BCUT2D eigenvalue weighted by Gasteiger charge is -2.06. The average molecular weight is 210 g/mol. The van der Waals surface area contributed by atoms with E-state index < -0.39 is 0 Å². The quantitative estimate of drug-likeness (QED) is 0.416. The predicted molar refractivity (Wildman–Crippen MR) is 55.7 cm³/mol. The van der Waals surface area contributed by atoms with Crippen molar-refractivity contribution in [3.63, 3.8) is 0 Å². The minimum absolute atomic E-state index is 0.0908. The molecule has 0 saturated heterocycles. The maximum Gasteiger partial charge on any atom is 0.322 e. The van der Waals surface area contributed by atoms with Crippen LogP contribution in [0.1, 0.15) is 13.8 Å². The van der Waals surface area contributed by atoms with Crippen LogP contribution in [0.2, 0.25) is 0 Å². The zero-order valence-electron chi connectivity index (χ0n) is 8.61. The fourth-order valence-corrected chi connectivity index (χ4v) is 1.56. The van der Waals surface area contributed by atoms with Crippen molar-refractivity contribution in [1.82, 2.24) is 0 Å². The van der Waals surface area contributed by atoms with Gasteiger partial charge in [0.15, 0.2) is 0 Å². The monoisotopic (exact) mass is 210 g/mol. The first-order valence-corrected chi connectivity index (χ1v) is 5.35. The van der Waals surface area contributed by atoms with Crippen LogP contribution in [0.3, 0.4) is 0 Å². The molecule has 2 radical (unpaired) electrons. The molecule has 0 unspecified atom stereocenters. The summed E-state index contributed by atoms with van der Waals surface area (Å²) in [6.45, 7) is 3.85. The maximum atomic E-state index is 5.09. The Morgan fingerprint density at radius 1 is 1.29 bits per heavy atom. The molecule has 76 valence electrons. The van der Waals surface area contributed by atoms with Gasteiger partial charge in [-0.1, -0.05) is 12.1 Å². The summed E-state index contributed by atoms with van der Waals surface area (Å²) in [5.74, 6) is 0.836. The van der Waals surface area contributed by atoms with Crippen molar-refractivity contribution in [2.45, 2.75) is 20.0 Å². The molecule has 1 rings (SSSR count). The molecule has 1 aromatic carbocycles. The third-order valence-corrected chi connectivity index (χ3v) is 2.20. The second-order valence-corrected chi connectivity index (χ2v) is 4.01. The van der Waals surface area contributed by atoms with Gasteiger partial charge in [0.05, 0.1) is 13.2 Å². The summed E-state index contributed by atoms with van der Waals surface area (Å²) < 4.78 is 10.1. The van der Waals surface area contributed by atoms with E-state index >= 15 is 0 Å². The third-order valence-electron chi connectivity index (χ3n) is 1.47. The molecule has 0 aromatic heterocycles. The molecular weight excluding hydrogens is 196 g/mol. The molecule has 0 N–H and O–H groups in total. The number of methoxy groups -OCH3 is 1. The molecule has 0 aliphatic carbocycles. The molecule has 1 aromatic rings. The van der Waals surface area contributed by atoms with Crippen LogP contribution in [0.15, 0.2) is 24.3 Å². The number of hydrogen-bond donors (Lipinski definition) is 0. The van der Waals surface area contributed by atoms with E-state index in [1.54, 1.807) is 7.11 Å². The summed E-state index contributed by atoms with van der Waals surface area (Å²) in [5, 5.41) is 1.06. The summed E-state index contributed by atoms with van der Waals surface area (Å²) in [7, 11) is 1.84. The molecule has 0 heterocycles. The highest BCUT2D eigenvalue weighted by molar-refractivity contribution is 6.46. The van der Waals surface area contributed by atoms with Gasteiger partial charge < -0.3 is 4.74 Å². The van der Waals surface area contributed by atoms with Gasteiger partial charge in [-0.05, 0) is 31.2 Å². The lowest BCUT2D eigenvalue weighted by atomic mass is 10.3. The topological polar surface area (TPSA) is 27.7 Å². The normalized spacial score (nSPS) is 10.6. The number of hydrogen-bond acceptors (Lipinski definition) is 3. The van der Waals surface area contributed by atoms with E-state index in [4.69, 9.17) is 14.2 Å². The van der Waals surface area contributed by atoms with E-state index in [0.717, 1.165) is 10.9 Å². The van der Waals surface area contributed by atoms with Crippen molar-refractivity contribution in [2.24, 2.45) is 0 Å². The second-order valence-electron chi connectivity index (χ2n) is 3.06. The maximum absolute atomic E-state index is 5.09. The van der Waals surface area contributed by atoms with Crippen LogP contribution in [0.4, 0.5) is 0 Å². The number of ether oxygens (including phenoxy) is 1. The minimum atomic E-state index is 0.0908. The van der Waals surface area contributed by atoms with Crippen LogP contribution in [0, 0.1) is 0 Å². The van der Waals surface area contributed by atoms with E-state index in [2.05, 4.69) is 0 Å². The Hall–Kier alpha value is -0.843. The first kappa shape index (κ1) is 11.2. The summed E-state index contributed by atoms with van der Waals surface area (Å²) in [6.07, 6.45) is 0.0908. The summed E-state index contributed by atoms with van der Waals surface area (Å²) in [6, 6.07) is 7.74. The standard InChI is InChI=1S/C10H14O3Si/c1-8(2)12-13-14-10-6-4-5-9(7-10)11-3/h4-8H,1-3H3. The summed E-state index contributed by atoms with van der Waals surface area (Å²) in [4.78, 5) is 4.99. The molecule has 0 amide bonds. The van der Waals surface area contributed by atoms with Crippen molar-refractivity contribution in [3.05, 3.63) is 24.3 Å². The third kappa shape index (κ3) is 3.91. The molecular formula is C10H14O3Si. The predicted octanol–water partition coefficient (Wildman–Crippen LogP) is 1.30. The van der Waals surface area contributed by atoms with Crippen molar-refractivity contribution in [2.75, 3.05) is 7.11 Å². The van der Waals surface area contributed by atoms with E-state index in [9.17, 15) is 0 Å². The molecule has 0 aliphatic heterocycles. The zero-order chi connectivity index (χ0) is 10.4. The molecule has 0 fully saturated rings. The van der Waals surface area contributed by atoms with Gasteiger partial charge >= 0.3 is 9.76 Å². The molecule has 3 nitrogen and oxygen atoms in total. The molecule has 0 bridgehead atoms. The van der Waals surface area contributed by atoms with Gasteiger partial charge in [-0.2, -0.15) is 0 Å². The smallest absolute Gasteiger partial charge is 0.322 e. The molecule has 4 heteroatoms. The van der Waals surface area contributed by atoms with E-state index in [-0.39, 0.29) is 15.9 Å². The Balaban J connectivity index is 2.42. The van der Waals surface area contributed by atoms with Gasteiger partial charge in [0, 0.05) is 0 Å². The Morgan fingerprint density at radius 2 is 2.07 bits per heavy atom. The van der Waals surface area contributed by atoms with Crippen LogP contribution in [0.5, 0.6) is 5.75 Å². The highest BCUT2D eigenvalue weighted by Crippen LogP contribution is 2.05. The van der Waals surface area contributed by atoms with Gasteiger partial charge in [0.25, 0.3) is 0 Å². The Kier molecular flexibility index (Phi) is 4.65. The lowest BCUT2D eigenvalue weighted by Crippen LogP contribution is -2.19. The van der Waals surface area contributed by atoms with Crippen LogP contribution >= 0.6 is 0 Å². The van der Waals surface area contributed by atoms with Crippen molar-refractivity contribution >= 4 is 14.9 Å². The van der Waals surface area contributed by atoms with Gasteiger partial charge in [-0.3, -0.25) is 4.58 Å². The van der Waals surface area contributed by atoms with Crippen LogP contribution in [-0.4, -0.2) is 23.0 Å². The van der Waals surface area contributed by atoms with E-state index in [1.165, 1.54) is 0 Å². The van der Waals surface area contributed by atoms with E-state index in [1.807, 2.05) is 38.1 Å². The number of benzene rings is 1. The largest absolute Gasteiger partial charge is 0.497 e. The Labute approximate surface area is 86.9 Å². The molecule has 0 aliphatic rings. The first-order valence-electron chi connectivity index (χ1n) is 4.44. The van der Waals surface area contributed by atoms with Gasteiger partial charge in [0.1, 0.15) is 5.75 Å². The first-order chi connectivity index (χ1) is 6.72. The summed E-state index contributed by atoms with van der Waals surface area (Å²) >= 11 is 0. The molecule has 0 atom stereocenters. The van der Waals surface area contributed by atoms with Crippen LogP contribution in [-0.2, 0) is 9.46 Å². The van der Waals surface area contributed by atoms with Gasteiger partial charge in [-0.25, -0.2) is 4.89 Å². The Morgan fingerprint density at radius 3 is 2.71 bits per heavy atom. The fourth-order valence-electron chi connectivity index (χ4n) is 0.855. The molecule has 14 heavy (non-hydrogen) atoms. The summed E-state index contributed by atoms with van der Waals surface area (Å²) in [5.41, 5.74) is 0. The Bertz CT molecular complexity index is 276. The second kappa shape index (κ2) is 5.80. The number of rotatable bonds is 5. The van der Waals surface area contributed by atoms with Crippen LogP contribution < -0.4 is 9.92 Å². The SMILES string of the molecule is COc1cccc([Si]OOC(C)C)c1. The minimum Gasteiger partial charge on any atom is -0.497 e. The van der Waals surface area contributed by atoms with Gasteiger partial charge in [-0.15, -0.1) is 0 Å². The van der Waals surface area contributed by atoms with Crippen molar-refractivity contribution in [1.29, 1.82) is 0 Å².